The monoisotopic (exact) mass is 383 g/mol. The number of carbonyl (C=O) groups is 1. The fourth-order valence-corrected chi connectivity index (χ4v) is 4.01. The molecular weight excluding hydrogens is 370 g/mol. The fourth-order valence-electron chi connectivity index (χ4n) is 2.87. The minimum absolute atomic E-state index is 0.552. The first kappa shape index (κ1) is 16.8. The van der Waals surface area contributed by atoms with Gasteiger partial charge in [0.25, 0.3) is 5.91 Å². The summed E-state index contributed by atoms with van der Waals surface area (Å²) in [4.78, 5) is 17.0. The van der Waals surface area contributed by atoms with Crippen LogP contribution in [0.2, 0.25) is 5.02 Å². The van der Waals surface area contributed by atoms with E-state index in [1.807, 2.05) is 42.5 Å². The highest BCUT2D eigenvalue weighted by Gasteiger charge is 2.23. The Labute approximate surface area is 158 Å². The van der Waals surface area contributed by atoms with E-state index in [-0.39, 0.29) is 0 Å². The van der Waals surface area contributed by atoms with Gasteiger partial charge in [0.15, 0.2) is 5.13 Å². The molecule has 7 heteroatoms. The van der Waals surface area contributed by atoms with E-state index in [4.69, 9.17) is 21.8 Å². The lowest BCUT2D eigenvalue weighted by molar-refractivity contribution is -0.124. The topological polar surface area (TPSA) is 74.2 Å². The van der Waals surface area contributed by atoms with Crippen molar-refractivity contribution in [1.29, 1.82) is 0 Å². The van der Waals surface area contributed by atoms with Gasteiger partial charge in [-0.15, -0.1) is 11.3 Å². The number of amides is 1. The van der Waals surface area contributed by atoms with E-state index in [2.05, 4.69) is 5.32 Å². The molecule has 3 aromatic rings. The first-order valence-corrected chi connectivity index (χ1v) is 9.09. The summed E-state index contributed by atoms with van der Waals surface area (Å²) >= 11 is 7.55. The quantitative estimate of drug-likeness (QED) is 0.273. The minimum atomic E-state index is -0.552. The number of rotatable bonds is 4. The van der Waals surface area contributed by atoms with Gasteiger partial charge in [-0.2, -0.15) is 0 Å². The van der Waals surface area contributed by atoms with Crippen molar-refractivity contribution >= 4 is 45.7 Å². The molecule has 0 unspecified atom stereocenters. The van der Waals surface area contributed by atoms with Crippen molar-refractivity contribution in [3.63, 3.8) is 0 Å². The number of hydroxylamine groups is 1. The molecule has 1 heterocycles. The summed E-state index contributed by atoms with van der Waals surface area (Å²) in [6.07, 6.45) is 3.77. The summed E-state index contributed by atoms with van der Waals surface area (Å²) in [5.41, 5.74) is 6.74. The Balaban J connectivity index is 1.55. The SMILES string of the molecule is O=C(/C=C/c1ccc2c(c1)Cc1sc(Nc3ccc(Cl)cc3)nc1-2)NO. The van der Waals surface area contributed by atoms with Crippen LogP contribution in [0.25, 0.3) is 17.3 Å². The van der Waals surface area contributed by atoms with Crippen LogP contribution in [0.5, 0.6) is 0 Å². The molecule has 5 nitrogen and oxygen atoms in total. The molecule has 1 aliphatic carbocycles. The van der Waals surface area contributed by atoms with Crippen molar-refractivity contribution in [1.82, 2.24) is 10.5 Å². The number of nitrogens with zero attached hydrogens (tertiary/aromatic N) is 1. The minimum Gasteiger partial charge on any atom is -0.332 e. The molecule has 130 valence electrons. The fraction of sp³-hybridized carbons (Fsp3) is 0.0526. The highest BCUT2D eigenvalue weighted by Crippen LogP contribution is 2.42. The molecule has 1 amide bonds. The zero-order valence-corrected chi connectivity index (χ0v) is 15.1. The second kappa shape index (κ2) is 6.92. The molecule has 0 saturated heterocycles. The first-order chi connectivity index (χ1) is 12.6. The maximum Gasteiger partial charge on any atom is 0.267 e. The van der Waals surface area contributed by atoms with E-state index in [0.717, 1.165) is 34.1 Å². The van der Waals surface area contributed by atoms with Crippen LogP contribution in [-0.4, -0.2) is 16.1 Å². The summed E-state index contributed by atoms with van der Waals surface area (Å²) in [6, 6.07) is 13.5. The number of fused-ring (bicyclic) bond motifs is 3. The lowest BCUT2D eigenvalue weighted by atomic mass is 10.1. The Kier molecular flexibility index (Phi) is 4.46. The van der Waals surface area contributed by atoms with Crippen LogP contribution in [0, 0.1) is 0 Å². The van der Waals surface area contributed by atoms with E-state index in [1.165, 1.54) is 16.5 Å². The van der Waals surface area contributed by atoms with E-state index >= 15 is 0 Å². The number of hydrogen-bond acceptors (Lipinski definition) is 5. The van der Waals surface area contributed by atoms with Crippen molar-refractivity contribution in [2.45, 2.75) is 6.42 Å². The summed E-state index contributed by atoms with van der Waals surface area (Å²) in [6.45, 7) is 0. The lowest BCUT2D eigenvalue weighted by Crippen LogP contribution is -2.14. The van der Waals surface area contributed by atoms with Gasteiger partial charge in [0.2, 0.25) is 0 Å². The van der Waals surface area contributed by atoms with E-state index in [0.29, 0.717) is 5.02 Å². The Bertz CT molecular complexity index is 1010. The van der Waals surface area contributed by atoms with E-state index in [9.17, 15) is 4.79 Å². The molecule has 4 rings (SSSR count). The molecule has 1 aromatic heterocycles. The third-order valence-electron chi connectivity index (χ3n) is 4.07. The van der Waals surface area contributed by atoms with Crippen LogP contribution >= 0.6 is 22.9 Å². The average Bonchev–Trinajstić information content (AvgIpc) is 3.18. The number of halogens is 1. The van der Waals surface area contributed by atoms with Gasteiger partial charge >= 0.3 is 0 Å². The zero-order chi connectivity index (χ0) is 18.1. The van der Waals surface area contributed by atoms with E-state index in [1.54, 1.807) is 22.9 Å². The first-order valence-electron chi connectivity index (χ1n) is 7.90. The molecule has 0 atom stereocenters. The van der Waals surface area contributed by atoms with Gasteiger partial charge in [-0.05, 0) is 41.5 Å². The Morgan fingerprint density at radius 2 is 2.04 bits per heavy atom. The number of benzene rings is 2. The normalized spacial score (nSPS) is 12.1. The van der Waals surface area contributed by atoms with Gasteiger partial charge in [-0.25, -0.2) is 10.5 Å². The smallest absolute Gasteiger partial charge is 0.267 e. The van der Waals surface area contributed by atoms with Crippen LogP contribution in [0.3, 0.4) is 0 Å². The van der Waals surface area contributed by atoms with Gasteiger partial charge in [-0.3, -0.25) is 10.0 Å². The van der Waals surface area contributed by atoms with Gasteiger partial charge in [0, 0.05) is 33.6 Å². The molecule has 2 aromatic carbocycles. The van der Waals surface area contributed by atoms with Crippen LogP contribution in [0.15, 0.2) is 48.5 Å². The lowest BCUT2D eigenvalue weighted by Gasteiger charge is -2.04. The van der Waals surface area contributed by atoms with Crippen LogP contribution < -0.4 is 10.8 Å². The summed E-state index contributed by atoms with van der Waals surface area (Å²) in [7, 11) is 0. The molecular formula is C19H14ClN3O2S. The number of nitrogens with one attached hydrogen (secondary N) is 2. The Hall–Kier alpha value is -2.67. The molecule has 0 bridgehead atoms. The largest absolute Gasteiger partial charge is 0.332 e. The van der Waals surface area contributed by atoms with Crippen molar-refractivity contribution in [3.05, 3.63) is 69.6 Å². The number of carbonyl (C=O) groups excluding carboxylic acids is 1. The second-order valence-corrected chi connectivity index (χ2v) is 7.35. The summed E-state index contributed by atoms with van der Waals surface area (Å²) < 4.78 is 0. The highest BCUT2D eigenvalue weighted by molar-refractivity contribution is 7.16. The van der Waals surface area contributed by atoms with Crippen molar-refractivity contribution in [2.24, 2.45) is 0 Å². The number of hydrogen-bond donors (Lipinski definition) is 3. The summed E-state index contributed by atoms with van der Waals surface area (Å²) in [5.74, 6) is -0.552. The summed E-state index contributed by atoms with van der Waals surface area (Å²) in [5, 5.41) is 13.4. The van der Waals surface area contributed by atoms with E-state index < -0.39 is 5.91 Å². The zero-order valence-electron chi connectivity index (χ0n) is 13.5. The number of aromatic nitrogens is 1. The highest BCUT2D eigenvalue weighted by atomic mass is 35.5. The maximum absolute atomic E-state index is 11.1. The molecule has 0 spiro atoms. The molecule has 0 saturated carbocycles. The molecule has 1 aliphatic rings. The third-order valence-corrected chi connectivity index (χ3v) is 5.29. The molecule has 0 fully saturated rings. The number of thiazole rings is 1. The second-order valence-electron chi connectivity index (χ2n) is 5.83. The van der Waals surface area contributed by atoms with Crippen molar-refractivity contribution < 1.29 is 10.0 Å². The Morgan fingerprint density at radius 1 is 1.23 bits per heavy atom. The van der Waals surface area contributed by atoms with Crippen LogP contribution in [-0.2, 0) is 11.2 Å². The third kappa shape index (κ3) is 3.35. The van der Waals surface area contributed by atoms with Gasteiger partial charge in [0.1, 0.15) is 0 Å². The van der Waals surface area contributed by atoms with Crippen LogP contribution in [0.1, 0.15) is 16.0 Å². The molecule has 0 aliphatic heterocycles. The van der Waals surface area contributed by atoms with Gasteiger partial charge < -0.3 is 5.32 Å². The molecule has 3 N–H and O–H groups in total. The predicted octanol–water partition coefficient (Wildman–Crippen LogP) is 4.63. The van der Waals surface area contributed by atoms with Gasteiger partial charge in [-0.1, -0.05) is 29.8 Å². The van der Waals surface area contributed by atoms with Gasteiger partial charge in [0.05, 0.1) is 5.69 Å². The van der Waals surface area contributed by atoms with Crippen LogP contribution in [0.4, 0.5) is 10.8 Å². The predicted molar refractivity (Wildman–Crippen MR) is 104 cm³/mol. The number of anilines is 2. The molecule has 26 heavy (non-hydrogen) atoms. The van der Waals surface area contributed by atoms with Crippen molar-refractivity contribution in [2.75, 3.05) is 5.32 Å². The molecule has 0 radical (unpaired) electrons. The Morgan fingerprint density at radius 3 is 2.81 bits per heavy atom. The average molecular weight is 384 g/mol. The standard InChI is InChI=1S/C19H14ClN3O2S/c20-13-3-5-14(6-4-13)21-19-22-18-15-7-1-11(2-8-17(24)23-25)9-12(15)10-16(18)26-19/h1-9,25H,10H2,(H,21,22)(H,23,24)/b8-2+. The maximum atomic E-state index is 11.1. The van der Waals surface area contributed by atoms with Crippen molar-refractivity contribution in [3.8, 4) is 11.3 Å².